The fraction of sp³-hybridized carbons (Fsp3) is 0.385. The van der Waals surface area contributed by atoms with Crippen molar-refractivity contribution in [3.05, 3.63) is 36.9 Å². The molecule has 0 spiro atoms. The second-order valence-corrected chi connectivity index (χ2v) is 7.61. The van der Waals surface area contributed by atoms with Crippen LogP contribution in [0.4, 0.5) is 0 Å². The quantitative estimate of drug-likeness (QED) is 0.668. The van der Waals surface area contributed by atoms with E-state index in [2.05, 4.69) is 11.3 Å². The SMILES string of the molecule is C=CCSc1ccccc1S(=O)(=O)NC(C)(C)C. The van der Waals surface area contributed by atoms with Crippen LogP contribution in [0.1, 0.15) is 20.8 Å². The Kier molecular flexibility index (Phi) is 5.01. The van der Waals surface area contributed by atoms with E-state index in [1.807, 2.05) is 32.9 Å². The second-order valence-electron chi connectivity index (χ2n) is 4.90. The third-order valence-electron chi connectivity index (χ3n) is 1.94. The van der Waals surface area contributed by atoms with E-state index in [0.29, 0.717) is 10.6 Å². The van der Waals surface area contributed by atoms with Crippen molar-refractivity contribution in [1.29, 1.82) is 0 Å². The van der Waals surface area contributed by atoms with Gasteiger partial charge in [-0.05, 0) is 32.9 Å². The molecule has 0 radical (unpaired) electrons. The van der Waals surface area contributed by atoms with E-state index in [-0.39, 0.29) is 0 Å². The molecule has 0 aliphatic carbocycles. The number of thioether (sulfide) groups is 1. The van der Waals surface area contributed by atoms with Crippen molar-refractivity contribution in [3.63, 3.8) is 0 Å². The molecular weight excluding hydrogens is 266 g/mol. The topological polar surface area (TPSA) is 46.2 Å². The normalized spacial score (nSPS) is 12.4. The molecule has 0 aliphatic heterocycles. The van der Waals surface area contributed by atoms with E-state index in [1.54, 1.807) is 18.2 Å². The molecule has 0 saturated carbocycles. The van der Waals surface area contributed by atoms with Gasteiger partial charge in [0.2, 0.25) is 10.0 Å². The molecule has 1 aromatic rings. The first-order chi connectivity index (χ1) is 8.26. The van der Waals surface area contributed by atoms with Gasteiger partial charge in [0.1, 0.15) is 0 Å². The monoisotopic (exact) mass is 285 g/mol. The van der Waals surface area contributed by atoms with E-state index in [4.69, 9.17) is 0 Å². The summed E-state index contributed by atoms with van der Waals surface area (Å²) in [6.07, 6.45) is 1.76. The lowest BCUT2D eigenvalue weighted by atomic mass is 10.1. The van der Waals surface area contributed by atoms with Crippen LogP contribution in [0.5, 0.6) is 0 Å². The molecule has 0 unspecified atom stereocenters. The van der Waals surface area contributed by atoms with E-state index in [9.17, 15) is 8.42 Å². The van der Waals surface area contributed by atoms with Crippen LogP contribution in [0.25, 0.3) is 0 Å². The lowest BCUT2D eigenvalue weighted by molar-refractivity contribution is 0.490. The van der Waals surface area contributed by atoms with E-state index < -0.39 is 15.6 Å². The van der Waals surface area contributed by atoms with Crippen LogP contribution < -0.4 is 4.72 Å². The lowest BCUT2D eigenvalue weighted by Gasteiger charge is -2.21. The highest BCUT2D eigenvalue weighted by atomic mass is 32.2. The summed E-state index contributed by atoms with van der Waals surface area (Å²) in [5.74, 6) is 0.683. The molecule has 18 heavy (non-hydrogen) atoms. The smallest absolute Gasteiger partial charge is 0.207 e. The Morgan fingerprint density at radius 3 is 2.50 bits per heavy atom. The van der Waals surface area contributed by atoms with Gasteiger partial charge in [-0.3, -0.25) is 0 Å². The third kappa shape index (κ3) is 4.48. The first kappa shape index (κ1) is 15.3. The van der Waals surface area contributed by atoms with Gasteiger partial charge in [0.15, 0.2) is 0 Å². The van der Waals surface area contributed by atoms with Crippen LogP contribution in [-0.2, 0) is 10.0 Å². The summed E-state index contributed by atoms with van der Waals surface area (Å²) in [7, 11) is -3.48. The summed E-state index contributed by atoms with van der Waals surface area (Å²) in [6, 6.07) is 7.00. The highest BCUT2D eigenvalue weighted by Crippen LogP contribution is 2.27. The van der Waals surface area contributed by atoms with Crippen molar-refractivity contribution < 1.29 is 8.42 Å². The molecular formula is C13H19NO2S2. The third-order valence-corrected chi connectivity index (χ3v) is 4.95. The zero-order valence-electron chi connectivity index (χ0n) is 10.9. The van der Waals surface area contributed by atoms with Gasteiger partial charge in [-0.2, -0.15) is 0 Å². The molecule has 0 bridgehead atoms. The van der Waals surface area contributed by atoms with Crippen LogP contribution in [0.3, 0.4) is 0 Å². The molecule has 100 valence electrons. The molecule has 0 saturated heterocycles. The van der Waals surface area contributed by atoms with Crippen LogP contribution in [0.15, 0.2) is 46.7 Å². The molecule has 0 aromatic heterocycles. The first-order valence-electron chi connectivity index (χ1n) is 5.63. The Balaban J connectivity index is 3.12. The largest absolute Gasteiger partial charge is 0.242 e. The highest BCUT2D eigenvalue weighted by Gasteiger charge is 2.24. The fourth-order valence-corrected chi connectivity index (χ4v) is 4.09. The number of sulfonamides is 1. The molecule has 5 heteroatoms. The minimum atomic E-state index is -3.48. The standard InChI is InChI=1S/C13H19NO2S2/c1-5-10-17-11-8-6-7-9-12(11)18(15,16)14-13(2,3)4/h5-9,14H,1,10H2,2-4H3. The maximum atomic E-state index is 12.3. The first-order valence-corrected chi connectivity index (χ1v) is 8.10. The van der Waals surface area contributed by atoms with Crippen LogP contribution in [0, 0.1) is 0 Å². The minimum Gasteiger partial charge on any atom is -0.207 e. The zero-order valence-corrected chi connectivity index (χ0v) is 12.6. The Bertz CT molecular complexity index is 516. The maximum absolute atomic E-state index is 12.3. The predicted molar refractivity (Wildman–Crippen MR) is 77.4 cm³/mol. The molecule has 1 rings (SSSR count). The zero-order chi connectivity index (χ0) is 13.8. The number of hydrogen-bond acceptors (Lipinski definition) is 3. The number of rotatable bonds is 5. The molecule has 1 aromatic carbocycles. The molecule has 0 heterocycles. The Labute approximate surface area is 114 Å². The summed E-state index contributed by atoms with van der Waals surface area (Å²) in [5.41, 5.74) is -0.491. The molecule has 3 nitrogen and oxygen atoms in total. The predicted octanol–water partition coefficient (Wildman–Crippen LogP) is 3.04. The van der Waals surface area contributed by atoms with Gasteiger partial charge in [-0.15, -0.1) is 18.3 Å². The van der Waals surface area contributed by atoms with Crippen molar-refractivity contribution in [1.82, 2.24) is 4.72 Å². The summed E-state index contributed by atoms with van der Waals surface area (Å²) in [4.78, 5) is 1.07. The van der Waals surface area contributed by atoms with Crippen molar-refractivity contribution in [2.24, 2.45) is 0 Å². The van der Waals surface area contributed by atoms with Crippen molar-refractivity contribution in [2.45, 2.75) is 36.1 Å². The van der Waals surface area contributed by atoms with Gasteiger partial charge >= 0.3 is 0 Å². The van der Waals surface area contributed by atoms with Crippen LogP contribution in [0.2, 0.25) is 0 Å². The number of benzene rings is 1. The second kappa shape index (κ2) is 5.91. The van der Waals surface area contributed by atoms with Crippen molar-refractivity contribution in [2.75, 3.05) is 5.75 Å². The van der Waals surface area contributed by atoms with Gasteiger partial charge in [0, 0.05) is 16.2 Å². The fourth-order valence-electron chi connectivity index (χ4n) is 1.40. The Morgan fingerprint density at radius 1 is 1.33 bits per heavy atom. The van der Waals surface area contributed by atoms with Gasteiger partial charge in [0.05, 0.1) is 4.90 Å². The Hall–Kier alpha value is -0.780. The average molecular weight is 285 g/mol. The van der Waals surface area contributed by atoms with E-state index in [1.165, 1.54) is 11.8 Å². The van der Waals surface area contributed by atoms with Crippen molar-refractivity contribution >= 4 is 21.8 Å². The summed E-state index contributed by atoms with van der Waals surface area (Å²) in [6.45, 7) is 9.11. The average Bonchev–Trinajstić information content (AvgIpc) is 2.23. The van der Waals surface area contributed by atoms with Gasteiger partial charge < -0.3 is 0 Å². The van der Waals surface area contributed by atoms with Gasteiger partial charge in [-0.1, -0.05) is 18.2 Å². The van der Waals surface area contributed by atoms with E-state index >= 15 is 0 Å². The lowest BCUT2D eigenvalue weighted by Crippen LogP contribution is -2.40. The van der Waals surface area contributed by atoms with Gasteiger partial charge in [0.25, 0.3) is 0 Å². The van der Waals surface area contributed by atoms with E-state index in [0.717, 1.165) is 4.90 Å². The van der Waals surface area contributed by atoms with Crippen molar-refractivity contribution in [3.8, 4) is 0 Å². The molecule has 0 amide bonds. The Morgan fingerprint density at radius 2 is 1.94 bits per heavy atom. The number of hydrogen-bond donors (Lipinski definition) is 1. The van der Waals surface area contributed by atoms with Crippen LogP contribution in [-0.4, -0.2) is 19.7 Å². The molecule has 1 N–H and O–H groups in total. The molecule has 0 atom stereocenters. The van der Waals surface area contributed by atoms with Gasteiger partial charge in [-0.25, -0.2) is 13.1 Å². The summed E-state index contributed by atoms with van der Waals surface area (Å²) >= 11 is 1.46. The molecule has 0 fully saturated rings. The highest BCUT2D eigenvalue weighted by molar-refractivity contribution is 8.00. The van der Waals surface area contributed by atoms with Crippen LogP contribution >= 0.6 is 11.8 Å². The maximum Gasteiger partial charge on any atom is 0.242 e. The summed E-state index contributed by atoms with van der Waals surface area (Å²) < 4.78 is 27.2. The molecule has 0 aliphatic rings. The summed E-state index contributed by atoms with van der Waals surface area (Å²) in [5, 5.41) is 0. The number of nitrogens with one attached hydrogen (secondary N) is 1. The minimum absolute atomic E-state index is 0.326.